The molecule has 2 aromatic heterocycles. The third-order valence-corrected chi connectivity index (χ3v) is 5.60. The molecule has 2 rings (SSSR count). The van der Waals surface area contributed by atoms with Crippen LogP contribution in [0.15, 0.2) is 39.4 Å². The van der Waals surface area contributed by atoms with Gasteiger partial charge in [-0.15, -0.1) is 11.3 Å². The van der Waals surface area contributed by atoms with E-state index < -0.39 is 10.0 Å². The average Bonchev–Trinajstić information content (AvgIpc) is 2.88. The molecule has 0 aromatic carbocycles. The molecule has 0 saturated heterocycles. The number of halogens is 1. The summed E-state index contributed by atoms with van der Waals surface area (Å²) in [5.74, 6) is 0. The standard InChI is InChI=1S/C11H12ClNO3S2/c1-8(6-9-4-5-16-7-9)13-18(14,15)11-3-2-10(12)17-11/h2-5,7-8,13H,6H2,1H3. The zero-order valence-electron chi connectivity index (χ0n) is 9.59. The van der Waals surface area contributed by atoms with Crippen LogP contribution in [0.25, 0.3) is 0 Å². The first kappa shape index (κ1) is 13.6. The molecule has 98 valence electrons. The fourth-order valence-corrected chi connectivity index (χ4v) is 4.31. The molecule has 1 N–H and O–H groups in total. The van der Waals surface area contributed by atoms with Gasteiger partial charge in [0.15, 0.2) is 0 Å². The maximum Gasteiger partial charge on any atom is 0.250 e. The molecular formula is C11H12ClNO3S2. The van der Waals surface area contributed by atoms with Gasteiger partial charge in [-0.25, -0.2) is 13.1 Å². The van der Waals surface area contributed by atoms with E-state index in [0.29, 0.717) is 10.8 Å². The Kier molecular flexibility index (Phi) is 4.11. The van der Waals surface area contributed by atoms with Crippen LogP contribution in [-0.2, 0) is 16.4 Å². The highest BCUT2D eigenvalue weighted by Crippen LogP contribution is 2.25. The second-order valence-corrected chi connectivity index (χ2v) is 7.57. The van der Waals surface area contributed by atoms with Crippen molar-refractivity contribution in [1.82, 2.24) is 4.72 Å². The molecule has 18 heavy (non-hydrogen) atoms. The predicted octanol–water partition coefficient (Wildman–Crippen LogP) is 2.90. The summed E-state index contributed by atoms with van der Waals surface area (Å²) < 4.78 is 32.2. The molecule has 0 aliphatic carbocycles. The summed E-state index contributed by atoms with van der Waals surface area (Å²) in [6.07, 6.45) is 3.75. The smallest absolute Gasteiger partial charge is 0.250 e. The fourth-order valence-electron chi connectivity index (χ4n) is 1.57. The quantitative estimate of drug-likeness (QED) is 0.924. The molecule has 2 heterocycles. The lowest BCUT2D eigenvalue weighted by Gasteiger charge is -2.12. The number of rotatable bonds is 5. The highest BCUT2D eigenvalue weighted by atomic mass is 35.5. The van der Waals surface area contributed by atoms with Crippen molar-refractivity contribution in [3.63, 3.8) is 0 Å². The molecule has 0 aliphatic heterocycles. The third kappa shape index (κ3) is 3.35. The second-order valence-electron chi connectivity index (χ2n) is 3.92. The normalized spacial score (nSPS) is 13.7. The van der Waals surface area contributed by atoms with Crippen molar-refractivity contribution in [2.24, 2.45) is 0 Å². The minimum Gasteiger partial charge on any atom is -0.472 e. The van der Waals surface area contributed by atoms with Gasteiger partial charge in [0.25, 0.3) is 0 Å². The van der Waals surface area contributed by atoms with E-state index in [9.17, 15) is 8.42 Å². The van der Waals surface area contributed by atoms with Crippen molar-refractivity contribution < 1.29 is 12.8 Å². The van der Waals surface area contributed by atoms with E-state index in [4.69, 9.17) is 16.0 Å². The number of hydrogen-bond acceptors (Lipinski definition) is 4. The minimum absolute atomic E-state index is 0.214. The largest absolute Gasteiger partial charge is 0.472 e. The van der Waals surface area contributed by atoms with Gasteiger partial charge < -0.3 is 4.42 Å². The summed E-state index contributed by atoms with van der Waals surface area (Å²) in [5, 5.41) is 0. The summed E-state index contributed by atoms with van der Waals surface area (Å²) in [6.45, 7) is 1.81. The van der Waals surface area contributed by atoms with E-state index in [2.05, 4.69) is 4.72 Å². The minimum atomic E-state index is -3.49. The number of sulfonamides is 1. The van der Waals surface area contributed by atoms with Gasteiger partial charge in [0, 0.05) is 6.04 Å². The van der Waals surface area contributed by atoms with E-state index >= 15 is 0 Å². The van der Waals surface area contributed by atoms with Crippen LogP contribution in [0.3, 0.4) is 0 Å². The second kappa shape index (κ2) is 5.44. The van der Waals surface area contributed by atoms with Crippen molar-refractivity contribution in [3.8, 4) is 0 Å². The SMILES string of the molecule is CC(Cc1ccoc1)NS(=O)(=O)c1ccc(Cl)s1. The highest BCUT2D eigenvalue weighted by Gasteiger charge is 2.19. The molecule has 1 unspecified atom stereocenters. The Balaban J connectivity index is 2.04. The van der Waals surface area contributed by atoms with E-state index in [1.807, 2.05) is 6.07 Å². The van der Waals surface area contributed by atoms with Gasteiger partial charge in [-0.3, -0.25) is 0 Å². The zero-order valence-corrected chi connectivity index (χ0v) is 12.0. The van der Waals surface area contributed by atoms with Crippen molar-refractivity contribution in [3.05, 3.63) is 40.6 Å². The van der Waals surface area contributed by atoms with Gasteiger partial charge in [-0.05, 0) is 37.1 Å². The van der Waals surface area contributed by atoms with Crippen LogP contribution in [0.1, 0.15) is 12.5 Å². The zero-order chi connectivity index (χ0) is 13.2. The first-order valence-electron chi connectivity index (χ1n) is 5.26. The maximum absolute atomic E-state index is 12.0. The average molecular weight is 306 g/mol. The molecule has 4 nitrogen and oxygen atoms in total. The highest BCUT2D eigenvalue weighted by molar-refractivity contribution is 7.91. The molecule has 0 aliphatic rings. The lowest BCUT2D eigenvalue weighted by Crippen LogP contribution is -2.33. The first-order valence-corrected chi connectivity index (χ1v) is 7.94. The Morgan fingerprint density at radius 3 is 2.78 bits per heavy atom. The van der Waals surface area contributed by atoms with Crippen LogP contribution in [0.4, 0.5) is 0 Å². The summed E-state index contributed by atoms with van der Waals surface area (Å²) in [4.78, 5) is 0. The van der Waals surface area contributed by atoms with Crippen LogP contribution in [-0.4, -0.2) is 14.5 Å². The molecule has 0 radical (unpaired) electrons. The van der Waals surface area contributed by atoms with Crippen molar-refractivity contribution >= 4 is 33.0 Å². The predicted molar refractivity (Wildman–Crippen MR) is 71.5 cm³/mol. The molecule has 7 heteroatoms. The van der Waals surface area contributed by atoms with Crippen molar-refractivity contribution in [2.75, 3.05) is 0 Å². The van der Waals surface area contributed by atoms with Crippen LogP contribution >= 0.6 is 22.9 Å². The van der Waals surface area contributed by atoms with E-state index in [1.165, 1.54) is 6.07 Å². The van der Waals surface area contributed by atoms with Gasteiger partial charge in [0.05, 0.1) is 16.9 Å². The third-order valence-electron chi connectivity index (χ3n) is 2.29. The molecule has 2 aromatic rings. The molecule has 1 atom stereocenters. The number of furan rings is 1. The van der Waals surface area contributed by atoms with Gasteiger partial charge >= 0.3 is 0 Å². The van der Waals surface area contributed by atoms with Crippen molar-refractivity contribution in [1.29, 1.82) is 0 Å². The van der Waals surface area contributed by atoms with Crippen LogP contribution < -0.4 is 4.72 Å². The van der Waals surface area contributed by atoms with E-state index in [-0.39, 0.29) is 10.3 Å². The lowest BCUT2D eigenvalue weighted by molar-refractivity contribution is 0.550. The maximum atomic E-state index is 12.0. The van der Waals surface area contributed by atoms with Crippen LogP contribution in [0.5, 0.6) is 0 Å². The number of nitrogens with one attached hydrogen (secondary N) is 1. The summed E-state index contributed by atoms with van der Waals surface area (Å²) in [7, 11) is -3.49. The molecule has 0 saturated carbocycles. The fraction of sp³-hybridized carbons (Fsp3) is 0.273. The van der Waals surface area contributed by atoms with Gasteiger partial charge in [-0.2, -0.15) is 0 Å². The molecule has 0 spiro atoms. The number of hydrogen-bond donors (Lipinski definition) is 1. The Morgan fingerprint density at radius 2 is 2.22 bits per heavy atom. The van der Waals surface area contributed by atoms with Gasteiger partial charge in [0.2, 0.25) is 10.0 Å². The monoisotopic (exact) mass is 305 g/mol. The van der Waals surface area contributed by atoms with Gasteiger partial charge in [-0.1, -0.05) is 11.6 Å². The summed E-state index contributed by atoms with van der Waals surface area (Å²) in [5.41, 5.74) is 0.953. The lowest BCUT2D eigenvalue weighted by atomic mass is 10.1. The number of thiophene rings is 1. The Bertz CT molecular complexity index is 604. The topological polar surface area (TPSA) is 59.3 Å². The van der Waals surface area contributed by atoms with Crippen LogP contribution in [0, 0.1) is 0 Å². The Morgan fingerprint density at radius 1 is 1.44 bits per heavy atom. The molecule has 0 bridgehead atoms. The Hall–Kier alpha value is -0.820. The summed E-state index contributed by atoms with van der Waals surface area (Å²) >= 11 is 6.77. The van der Waals surface area contributed by atoms with Gasteiger partial charge in [0.1, 0.15) is 4.21 Å². The molecule has 0 amide bonds. The van der Waals surface area contributed by atoms with E-state index in [0.717, 1.165) is 16.9 Å². The summed E-state index contributed by atoms with van der Waals surface area (Å²) in [6, 6.07) is 4.67. The first-order chi connectivity index (χ1) is 8.47. The van der Waals surface area contributed by atoms with E-state index in [1.54, 1.807) is 25.5 Å². The van der Waals surface area contributed by atoms with Crippen LogP contribution in [0.2, 0.25) is 4.34 Å². The van der Waals surface area contributed by atoms with Crippen molar-refractivity contribution in [2.45, 2.75) is 23.6 Å². The molecule has 0 fully saturated rings. The Labute approximate surface area is 115 Å². The molecular weight excluding hydrogens is 294 g/mol.